The molecule has 1 aromatic heterocycles. The minimum absolute atomic E-state index is 0.0493. The van der Waals surface area contributed by atoms with E-state index in [1.54, 1.807) is 42.2 Å². The van der Waals surface area contributed by atoms with Gasteiger partial charge in [0.2, 0.25) is 0 Å². The van der Waals surface area contributed by atoms with E-state index < -0.39 is 23.2 Å². The second kappa shape index (κ2) is 8.37. The molecular weight excluding hydrogens is 449 g/mol. The zero-order valence-electron chi connectivity index (χ0n) is 18.8. The average Bonchev–Trinajstić information content (AvgIpc) is 3.11. The highest BCUT2D eigenvalue weighted by Gasteiger charge is 2.40. The van der Waals surface area contributed by atoms with Gasteiger partial charge in [0, 0.05) is 23.7 Å². The van der Waals surface area contributed by atoms with Crippen LogP contribution in [0.2, 0.25) is 0 Å². The van der Waals surface area contributed by atoms with Crippen molar-refractivity contribution >= 4 is 29.0 Å². The lowest BCUT2D eigenvalue weighted by Crippen LogP contribution is -2.43. The van der Waals surface area contributed by atoms with Crippen molar-refractivity contribution in [2.24, 2.45) is 12.8 Å². The maximum Gasteiger partial charge on any atom is 0.258 e. The molecule has 4 N–H and O–H groups in total. The van der Waals surface area contributed by atoms with Crippen LogP contribution in [0.3, 0.4) is 0 Å². The van der Waals surface area contributed by atoms with Gasteiger partial charge in [-0.25, -0.2) is 4.39 Å². The summed E-state index contributed by atoms with van der Waals surface area (Å²) in [6.07, 6.45) is 1.67. The molecule has 3 aromatic carbocycles. The van der Waals surface area contributed by atoms with Gasteiger partial charge in [0.25, 0.3) is 11.8 Å². The van der Waals surface area contributed by atoms with E-state index in [0.29, 0.717) is 11.4 Å². The van der Waals surface area contributed by atoms with Crippen molar-refractivity contribution in [3.63, 3.8) is 0 Å². The summed E-state index contributed by atoms with van der Waals surface area (Å²) in [5, 5.41) is 18.7. The van der Waals surface area contributed by atoms with Crippen LogP contribution in [0.1, 0.15) is 27.0 Å². The van der Waals surface area contributed by atoms with Crippen LogP contribution in [0.25, 0.3) is 0 Å². The van der Waals surface area contributed by atoms with E-state index in [-0.39, 0.29) is 23.2 Å². The lowest BCUT2D eigenvalue weighted by Gasteiger charge is -2.27. The number of primary amides is 1. The molecule has 8 nitrogen and oxygen atoms in total. The number of para-hydroxylation sites is 2. The molecule has 1 aliphatic heterocycles. The number of nitrogens with two attached hydrogens (primary N) is 1. The lowest BCUT2D eigenvalue weighted by molar-refractivity contribution is -0.133. The fourth-order valence-corrected chi connectivity index (χ4v) is 4.35. The van der Waals surface area contributed by atoms with E-state index >= 15 is 4.39 Å². The number of hydrogen-bond donors (Lipinski definition) is 3. The molecule has 1 aliphatic rings. The molecule has 5 rings (SSSR count). The molecule has 1 unspecified atom stereocenters. The Balaban J connectivity index is 1.56. The largest absolute Gasteiger partial charge is 0.372 e. The first kappa shape index (κ1) is 22.3. The van der Waals surface area contributed by atoms with E-state index in [4.69, 9.17) is 5.73 Å². The average molecular weight is 471 g/mol. The van der Waals surface area contributed by atoms with E-state index in [1.165, 1.54) is 29.2 Å². The monoisotopic (exact) mass is 471 g/mol. The molecule has 176 valence electrons. The Morgan fingerprint density at radius 2 is 1.80 bits per heavy atom. The van der Waals surface area contributed by atoms with Crippen LogP contribution < -0.4 is 16.0 Å². The molecular formula is C26H22FN5O3. The molecule has 0 aliphatic carbocycles. The number of halogens is 1. The Morgan fingerprint density at radius 3 is 2.51 bits per heavy atom. The topological polar surface area (TPSA) is 113 Å². The van der Waals surface area contributed by atoms with Crippen LogP contribution in [0.4, 0.5) is 21.6 Å². The van der Waals surface area contributed by atoms with Crippen molar-refractivity contribution in [3.8, 4) is 0 Å². The second-order valence-electron chi connectivity index (χ2n) is 8.31. The van der Waals surface area contributed by atoms with E-state index in [9.17, 15) is 14.7 Å². The fourth-order valence-electron chi connectivity index (χ4n) is 4.35. The number of aliphatic hydroxyl groups is 1. The summed E-state index contributed by atoms with van der Waals surface area (Å²) in [5.74, 6) is -1.75. The van der Waals surface area contributed by atoms with E-state index in [1.807, 2.05) is 18.2 Å². The van der Waals surface area contributed by atoms with Gasteiger partial charge in [-0.1, -0.05) is 48.5 Å². The number of benzene rings is 3. The fraction of sp³-hybridized carbons (Fsp3) is 0.115. The third-order valence-electron chi connectivity index (χ3n) is 6.19. The molecule has 0 radical (unpaired) electrons. The number of hydrogen-bond acceptors (Lipinski definition) is 5. The van der Waals surface area contributed by atoms with Gasteiger partial charge >= 0.3 is 0 Å². The number of anilines is 3. The van der Waals surface area contributed by atoms with Crippen molar-refractivity contribution in [2.75, 3.05) is 10.2 Å². The van der Waals surface area contributed by atoms with Gasteiger partial charge in [0.1, 0.15) is 11.6 Å². The maximum absolute atomic E-state index is 15.4. The van der Waals surface area contributed by atoms with Crippen molar-refractivity contribution in [1.82, 2.24) is 9.78 Å². The van der Waals surface area contributed by atoms with Crippen LogP contribution in [0, 0.1) is 5.82 Å². The van der Waals surface area contributed by atoms with Gasteiger partial charge in [-0.05, 0) is 29.8 Å². The molecule has 1 atom stereocenters. The zero-order valence-corrected chi connectivity index (χ0v) is 18.8. The summed E-state index contributed by atoms with van der Waals surface area (Å²) < 4.78 is 17.1. The number of aryl methyl sites for hydroxylation is 1. The summed E-state index contributed by atoms with van der Waals surface area (Å²) in [5.41, 5.74) is 5.06. The number of fused-ring (bicyclic) bond motifs is 2. The summed E-state index contributed by atoms with van der Waals surface area (Å²) >= 11 is 0. The number of rotatable bonds is 4. The maximum atomic E-state index is 15.4. The van der Waals surface area contributed by atoms with Crippen molar-refractivity contribution in [3.05, 3.63) is 107 Å². The lowest BCUT2D eigenvalue weighted by atomic mass is 9.85. The highest BCUT2D eigenvalue weighted by atomic mass is 19.1. The van der Waals surface area contributed by atoms with Gasteiger partial charge in [-0.15, -0.1) is 0 Å². The standard InChI is InChI=1S/C26H22FN5O3/c1-31-23-17(14-29-31)15-32(22-10-6-5-9-21(22)30-23)24(33)16-11-12-19(20(27)13-16)26(35,25(28)34)18-7-3-2-4-8-18/h2-14,30,35H,15H2,1H3,(H2,28,34). The van der Waals surface area contributed by atoms with Gasteiger partial charge < -0.3 is 21.1 Å². The number of carbonyl (C=O) groups is 2. The van der Waals surface area contributed by atoms with Crippen LogP contribution in [-0.4, -0.2) is 26.7 Å². The molecule has 35 heavy (non-hydrogen) atoms. The minimum Gasteiger partial charge on any atom is -0.372 e. The first-order valence-electron chi connectivity index (χ1n) is 10.9. The van der Waals surface area contributed by atoms with Crippen LogP contribution >= 0.6 is 0 Å². The summed E-state index contributed by atoms with van der Waals surface area (Å²) in [4.78, 5) is 27.4. The van der Waals surface area contributed by atoms with Crippen LogP contribution in [0.15, 0.2) is 79.0 Å². The smallest absolute Gasteiger partial charge is 0.258 e. The Labute approximate surface area is 200 Å². The first-order valence-corrected chi connectivity index (χ1v) is 10.9. The summed E-state index contributed by atoms with van der Waals surface area (Å²) in [7, 11) is 1.80. The Morgan fingerprint density at radius 1 is 1.09 bits per heavy atom. The predicted octanol–water partition coefficient (Wildman–Crippen LogP) is 3.18. The third-order valence-corrected chi connectivity index (χ3v) is 6.19. The molecule has 0 saturated carbocycles. The highest BCUT2D eigenvalue weighted by Crippen LogP contribution is 2.37. The van der Waals surface area contributed by atoms with E-state index in [0.717, 1.165) is 17.4 Å². The van der Waals surface area contributed by atoms with Gasteiger partial charge in [-0.3, -0.25) is 14.3 Å². The predicted molar refractivity (Wildman–Crippen MR) is 128 cm³/mol. The highest BCUT2D eigenvalue weighted by molar-refractivity contribution is 6.08. The molecule has 2 amide bonds. The molecule has 0 bridgehead atoms. The SMILES string of the molecule is Cn1ncc2c1Nc1ccccc1N(C(=O)c1ccc(C(O)(C(N)=O)c3ccccc3)c(F)c1)C2. The molecule has 4 aromatic rings. The molecule has 2 heterocycles. The number of nitrogens with zero attached hydrogens (tertiary/aromatic N) is 3. The minimum atomic E-state index is -2.39. The number of amides is 2. The first-order chi connectivity index (χ1) is 16.8. The van der Waals surface area contributed by atoms with E-state index in [2.05, 4.69) is 10.4 Å². The molecule has 0 saturated heterocycles. The van der Waals surface area contributed by atoms with Gasteiger partial charge in [0.15, 0.2) is 5.60 Å². The zero-order chi connectivity index (χ0) is 24.7. The molecule has 0 fully saturated rings. The summed E-state index contributed by atoms with van der Waals surface area (Å²) in [6.45, 7) is 0.213. The number of carbonyl (C=O) groups excluding carboxylic acids is 2. The normalized spacial score (nSPS) is 14.2. The number of aromatic nitrogens is 2. The van der Waals surface area contributed by atoms with Crippen molar-refractivity contribution in [2.45, 2.75) is 12.1 Å². The third kappa shape index (κ3) is 3.62. The Hall–Kier alpha value is -4.50. The van der Waals surface area contributed by atoms with Crippen molar-refractivity contribution in [1.29, 1.82) is 0 Å². The Kier molecular flexibility index (Phi) is 5.33. The summed E-state index contributed by atoms with van der Waals surface area (Å²) in [6, 6.07) is 18.8. The number of nitrogens with one attached hydrogen (secondary N) is 1. The second-order valence-corrected chi connectivity index (χ2v) is 8.31. The van der Waals surface area contributed by atoms with Crippen molar-refractivity contribution < 1.29 is 19.1 Å². The molecule has 0 spiro atoms. The quantitative estimate of drug-likeness (QED) is 0.423. The van der Waals surface area contributed by atoms with Gasteiger partial charge in [-0.2, -0.15) is 5.10 Å². The Bertz CT molecular complexity index is 1450. The van der Waals surface area contributed by atoms with Crippen LogP contribution in [-0.2, 0) is 24.0 Å². The van der Waals surface area contributed by atoms with Crippen LogP contribution in [0.5, 0.6) is 0 Å². The molecule has 9 heteroatoms. The van der Waals surface area contributed by atoms with Gasteiger partial charge in [0.05, 0.1) is 24.1 Å².